The van der Waals surface area contributed by atoms with Crippen molar-refractivity contribution in [2.24, 2.45) is 0 Å². The van der Waals surface area contributed by atoms with Crippen molar-refractivity contribution < 1.29 is 73.1 Å². The molecule has 0 bridgehead atoms. The van der Waals surface area contributed by atoms with E-state index in [2.05, 4.69) is 20.1 Å². The third-order valence-corrected chi connectivity index (χ3v) is 6.52. The highest BCUT2D eigenvalue weighted by Crippen LogP contribution is 2.26. The van der Waals surface area contributed by atoms with Gasteiger partial charge in [0, 0.05) is 0 Å². The number of benzene rings is 1. The fourth-order valence-electron chi connectivity index (χ4n) is 0.869. The van der Waals surface area contributed by atoms with Crippen LogP contribution >= 0.6 is 15.9 Å². The molecule has 0 aliphatic rings. The van der Waals surface area contributed by atoms with E-state index >= 15 is 0 Å². The Morgan fingerprint density at radius 3 is 1.81 bits per heavy atom. The molecule has 0 aliphatic heterocycles. The molecule has 156 valence electrons. The second kappa shape index (κ2) is 10.3. The SMILES string of the molecule is O=S(=O)(O/C(=C/[I+]c1ccccc1)CBr)C(F)(F)F.O=S(=O)([O-])C(F)(F)F. The third-order valence-electron chi connectivity index (χ3n) is 1.95. The van der Waals surface area contributed by atoms with Gasteiger partial charge in [0.1, 0.15) is 0 Å². The monoisotopic (exact) mass is 620 g/mol. The molecule has 0 amide bonds. The summed E-state index contributed by atoms with van der Waals surface area (Å²) in [5.41, 5.74) is -11.1. The maximum absolute atomic E-state index is 12.1. The van der Waals surface area contributed by atoms with Crippen molar-refractivity contribution in [3.05, 3.63) is 43.7 Å². The van der Waals surface area contributed by atoms with Gasteiger partial charge in [-0.15, -0.1) is 0 Å². The van der Waals surface area contributed by atoms with Crippen LogP contribution in [0.3, 0.4) is 0 Å². The summed E-state index contributed by atoms with van der Waals surface area (Å²) in [6, 6.07) is 9.03. The number of rotatable bonds is 5. The molecule has 0 saturated carbocycles. The summed E-state index contributed by atoms with van der Waals surface area (Å²) in [5.74, 6) is -0.256. The molecule has 1 aromatic carbocycles. The average molecular weight is 621 g/mol. The molecule has 0 atom stereocenters. The summed E-state index contributed by atoms with van der Waals surface area (Å²) < 4.78 is 123. The molecular formula is C11H8BrF6IO6S2. The normalized spacial score (nSPS) is 13.6. The van der Waals surface area contributed by atoms with E-state index in [1.807, 2.05) is 18.2 Å². The fraction of sp³-hybridized carbons (Fsp3) is 0.273. The van der Waals surface area contributed by atoms with Crippen LogP contribution in [0.1, 0.15) is 0 Å². The van der Waals surface area contributed by atoms with Crippen LogP contribution in [0.5, 0.6) is 0 Å². The highest BCUT2D eigenvalue weighted by atomic mass is 127. The molecule has 0 spiro atoms. The number of alkyl halides is 7. The molecule has 1 rings (SSSR count). The van der Waals surface area contributed by atoms with Gasteiger partial charge in [-0.1, -0.05) is 34.1 Å². The Labute approximate surface area is 168 Å². The zero-order chi connectivity index (χ0) is 21.5. The van der Waals surface area contributed by atoms with Gasteiger partial charge in [-0.25, -0.2) is 8.42 Å². The van der Waals surface area contributed by atoms with Gasteiger partial charge in [0.15, 0.2) is 23.5 Å². The van der Waals surface area contributed by atoms with Gasteiger partial charge >= 0.3 is 42.3 Å². The van der Waals surface area contributed by atoms with E-state index in [1.165, 1.54) is 4.08 Å². The maximum Gasteiger partial charge on any atom is 0.534 e. The summed E-state index contributed by atoms with van der Waals surface area (Å²) in [6.45, 7) is 0. The molecule has 16 heteroatoms. The molecule has 0 aliphatic carbocycles. The minimum absolute atomic E-state index is 0.102. The Hall–Kier alpha value is -0.590. The highest BCUT2D eigenvalue weighted by molar-refractivity contribution is 9.09. The number of allylic oxidation sites excluding steroid dienone is 1. The van der Waals surface area contributed by atoms with Crippen molar-refractivity contribution in [1.82, 2.24) is 0 Å². The van der Waals surface area contributed by atoms with Crippen LogP contribution in [0, 0.1) is 3.57 Å². The highest BCUT2D eigenvalue weighted by Gasteiger charge is 2.49. The van der Waals surface area contributed by atoms with E-state index in [9.17, 15) is 34.8 Å². The maximum atomic E-state index is 12.1. The van der Waals surface area contributed by atoms with Crippen molar-refractivity contribution in [2.75, 3.05) is 5.33 Å². The quantitative estimate of drug-likeness (QED) is 0.0881. The van der Waals surface area contributed by atoms with E-state index in [4.69, 9.17) is 13.0 Å². The fourth-order valence-corrected chi connectivity index (χ4v) is 4.44. The minimum atomic E-state index is -6.09. The molecule has 0 N–H and O–H groups in total. The molecule has 0 unspecified atom stereocenters. The molecule has 6 nitrogen and oxygen atoms in total. The average Bonchev–Trinajstić information content (AvgIpc) is 2.50. The van der Waals surface area contributed by atoms with Crippen LogP contribution in [0.4, 0.5) is 26.3 Å². The molecule has 0 radical (unpaired) electrons. The van der Waals surface area contributed by atoms with Gasteiger partial charge in [-0.05, 0) is 12.1 Å². The van der Waals surface area contributed by atoms with Gasteiger partial charge in [-0.2, -0.15) is 34.8 Å². The van der Waals surface area contributed by atoms with Gasteiger partial charge in [0.25, 0.3) is 0 Å². The largest absolute Gasteiger partial charge is 0.741 e. The van der Waals surface area contributed by atoms with Crippen LogP contribution < -0.4 is 21.2 Å². The number of hydrogen-bond acceptors (Lipinski definition) is 6. The van der Waals surface area contributed by atoms with Crippen molar-refractivity contribution in [2.45, 2.75) is 11.0 Å². The van der Waals surface area contributed by atoms with Gasteiger partial charge in [0.2, 0.25) is 0 Å². The lowest BCUT2D eigenvalue weighted by molar-refractivity contribution is -0.558. The predicted molar refractivity (Wildman–Crippen MR) is 78.8 cm³/mol. The van der Waals surface area contributed by atoms with E-state index in [0.717, 1.165) is 3.57 Å². The van der Waals surface area contributed by atoms with Gasteiger partial charge in [-0.3, -0.25) is 0 Å². The summed E-state index contributed by atoms with van der Waals surface area (Å²) in [5, 5.41) is -0.102. The van der Waals surface area contributed by atoms with Crippen LogP contribution in [0.2, 0.25) is 0 Å². The zero-order valence-corrected chi connectivity index (χ0v) is 17.8. The minimum Gasteiger partial charge on any atom is -0.741 e. The smallest absolute Gasteiger partial charge is 0.534 e. The summed E-state index contributed by atoms with van der Waals surface area (Å²) in [7, 11) is -11.7. The topological polar surface area (TPSA) is 101 Å². The van der Waals surface area contributed by atoms with Gasteiger partial charge in [0.05, 0.1) is 5.33 Å². The van der Waals surface area contributed by atoms with Crippen LogP contribution in [-0.4, -0.2) is 37.7 Å². The van der Waals surface area contributed by atoms with Gasteiger partial charge < -0.3 is 8.74 Å². The van der Waals surface area contributed by atoms with Crippen LogP contribution in [0.15, 0.2) is 40.2 Å². The molecule has 0 heterocycles. The summed E-state index contributed by atoms with van der Waals surface area (Å²) >= 11 is 2.14. The second-order valence-corrected chi connectivity index (χ2v) is 9.96. The molecule has 0 saturated heterocycles. The van der Waals surface area contributed by atoms with Crippen LogP contribution in [-0.2, 0) is 24.4 Å². The predicted octanol–water partition coefficient (Wildman–Crippen LogP) is 0.0991. The Morgan fingerprint density at radius 2 is 1.48 bits per heavy atom. The first-order valence-electron chi connectivity index (χ1n) is 5.97. The molecular weight excluding hydrogens is 613 g/mol. The van der Waals surface area contributed by atoms with Crippen molar-refractivity contribution in [3.8, 4) is 0 Å². The first-order chi connectivity index (χ1) is 12.0. The van der Waals surface area contributed by atoms with Crippen molar-refractivity contribution in [3.63, 3.8) is 0 Å². The summed E-state index contributed by atoms with van der Waals surface area (Å²) in [6.07, 6.45) is 0. The number of halogens is 8. The Bertz CT molecular complexity index is 836. The molecule has 1 aromatic rings. The van der Waals surface area contributed by atoms with E-state index in [0.29, 0.717) is 0 Å². The van der Waals surface area contributed by atoms with Crippen molar-refractivity contribution in [1.29, 1.82) is 0 Å². The molecule has 0 fully saturated rings. The van der Waals surface area contributed by atoms with Crippen molar-refractivity contribution >= 4 is 36.2 Å². The van der Waals surface area contributed by atoms with E-state index < -0.39 is 52.5 Å². The third kappa shape index (κ3) is 9.95. The van der Waals surface area contributed by atoms with E-state index in [-0.39, 0.29) is 11.1 Å². The molecule has 27 heavy (non-hydrogen) atoms. The van der Waals surface area contributed by atoms with Crippen LogP contribution in [0.25, 0.3) is 0 Å². The number of hydrogen-bond donors (Lipinski definition) is 0. The Kier molecular flexibility index (Phi) is 10.0. The lowest BCUT2D eigenvalue weighted by Gasteiger charge is -2.08. The lowest BCUT2D eigenvalue weighted by Crippen LogP contribution is -3.59. The first kappa shape index (κ1) is 26.4. The standard InChI is InChI=1S/C10H8BrF3IO3S.CHF3O3S/c11-6-9(18-19(16,17)10(12,13)14)7-15-8-4-2-1-3-5-8;2-1(3,4)8(5,6)7/h1-5,7H,6H2;(H,5,6,7)/q+1;/p-1/b9-7+;. The first-order valence-corrected chi connectivity index (χ1v) is 12.2. The zero-order valence-electron chi connectivity index (χ0n) is 12.5. The summed E-state index contributed by atoms with van der Waals surface area (Å²) in [4.78, 5) is 0. The lowest BCUT2D eigenvalue weighted by atomic mass is 10.4. The second-order valence-electron chi connectivity index (χ2n) is 4.00. The van der Waals surface area contributed by atoms with E-state index in [1.54, 1.807) is 12.1 Å². The Balaban J connectivity index is 0.000000713. The Morgan fingerprint density at radius 1 is 1.04 bits per heavy atom. The molecule has 0 aromatic heterocycles.